The van der Waals surface area contributed by atoms with Gasteiger partial charge in [0.05, 0.1) is 11.4 Å². The minimum Gasteiger partial charge on any atom is -0.342 e. The third-order valence-electron chi connectivity index (χ3n) is 5.20. The number of rotatable bonds is 3. The van der Waals surface area contributed by atoms with Crippen LogP contribution in [0, 0.1) is 23.5 Å². The lowest BCUT2D eigenvalue weighted by Gasteiger charge is -2.41. The SMILES string of the molecule is CN(C)C1[C@@H]2CC[C@H]1CN(C(=O)Cc1c(F)ccc(Cl)c1F)C2. The molecule has 1 unspecified atom stereocenters. The van der Waals surface area contributed by atoms with E-state index in [9.17, 15) is 13.6 Å². The molecule has 23 heavy (non-hydrogen) atoms. The Hall–Kier alpha value is -1.20. The second kappa shape index (κ2) is 6.36. The van der Waals surface area contributed by atoms with Gasteiger partial charge in [-0.1, -0.05) is 11.6 Å². The highest BCUT2D eigenvalue weighted by molar-refractivity contribution is 6.30. The number of hydrogen-bond donors (Lipinski definition) is 0. The van der Waals surface area contributed by atoms with Crippen molar-refractivity contribution in [1.82, 2.24) is 9.80 Å². The summed E-state index contributed by atoms with van der Waals surface area (Å²) < 4.78 is 27.8. The summed E-state index contributed by atoms with van der Waals surface area (Å²) >= 11 is 5.69. The monoisotopic (exact) mass is 342 g/mol. The lowest BCUT2D eigenvalue weighted by atomic mass is 9.91. The topological polar surface area (TPSA) is 23.6 Å². The number of benzene rings is 1. The van der Waals surface area contributed by atoms with E-state index in [-0.39, 0.29) is 22.9 Å². The minimum absolute atomic E-state index is 0.152. The summed E-state index contributed by atoms with van der Waals surface area (Å²) in [6.07, 6.45) is 1.94. The summed E-state index contributed by atoms with van der Waals surface area (Å²) in [5.41, 5.74) is -0.232. The van der Waals surface area contributed by atoms with Crippen molar-refractivity contribution in [1.29, 1.82) is 0 Å². The Kier molecular flexibility index (Phi) is 4.61. The molecule has 3 rings (SSSR count). The lowest BCUT2D eigenvalue weighted by Crippen LogP contribution is -2.52. The standard InChI is InChI=1S/C17H21ClF2N2O/c1-21(2)17-10-3-4-11(17)9-22(8-10)15(23)7-12-14(19)6-5-13(18)16(12)20/h5-6,10-11,17H,3-4,7-9H2,1-2H3/t10-,11+,17?. The van der Waals surface area contributed by atoms with Crippen LogP contribution >= 0.6 is 11.6 Å². The molecule has 1 amide bonds. The van der Waals surface area contributed by atoms with Crippen molar-refractivity contribution in [2.75, 3.05) is 27.2 Å². The van der Waals surface area contributed by atoms with Crippen LogP contribution in [0.15, 0.2) is 12.1 Å². The molecule has 1 aromatic rings. The third kappa shape index (κ3) is 3.09. The van der Waals surface area contributed by atoms with Crippen LogP contribution in [0.2, 0.25) is 5.02 Å². The number of halogens is 3. The summed E-state index contributed by atoms with van der Waals surface area (Å²) in [5.74, 6) is -0.875. The molecule has 0 radical (unpaired) electrons. The normalized spacial score (nSPS) is 26.9. The van der Waals surface area contributed by atoms with Crippen molar-refractivity contribution in [3.63, 3.8) is 0 Å². The Bertz CT molecular complexity index is 609. The third-order valence-corrected chi connectivity index (χ3v) is 5.49. The number of carbonyl (C=O) groups is 1. The quantitative estimate of drug-likeness (QED) is 0.788. The molecule has 0 aromatic heterocycles. The fourth-order valence-corrected chi connectivity index (χ4v) is 4.41. The van der Waals surface area contributed by atoms with Crippen LogP contribution in [0.4, 0.5) is 8.78 Å². The molecule has 0 spiro atoms. The molecule has 1 aliphatic heterocycles. The minimum atomic E-state index is -0.828. The van der Waals surface area contributed by atoms with Gasteiger partial charge >= 0.3 is 0 Å². The first-order chi connectivity index (χ1) is 10.9. The number of hydrogen-bond acceptors (Lipinski definition) is 2. The van der Waals surface area contributed by atoms with Gasteiger partial charge < -0.3 is 9.80 Å². The molecule has 1 aromatic carbocycles. The van der Waals surface area contributed by atoms with Gasteiger partial charge in [-0.2, -0.15) is 0 Å². The highest BCUT2D eigenvalue weighted by atomic mass is 35.5. The van der Waals surface area contributed by atoms with E-state index in [1.54, 1.807) is 4.90 Å². The zero-order valence-electron chi connectivity index (χ0n) is 13.4. The average molecular weight is 343 g/mol. The number of carbonyl (C=O) groups excluding carboxylic acids is 1. The summed E-state index contributed by atoms with van der Waals surface area (Å²) in [6, 6.07) is 2.78. The van der Waals surface area contributed by atoms with Crippen LogP contribution in [0.5, 0.6) is 0 Å². The van der Waals surface area contributed by atoms with E-state index in [4.69, 9.17) is 11.6 Å². The van der Waals surface area contributed by atoms with Gasteiger partial charge in [0.25, 0.3) is 0 Å². The van der Waals surface area contributed by atoms with Crippen LogP contribution < -0.4 is 0 Å². The van der Waals surface area contributed by atoms with Crippen molar-refractivity contribution < 1.29 is 13.6 Å². The van der Waals surface area contributed by atoms with Gasteiger partial charge in [-0.3, -0.25) is 4.79 Å². The molecular formula is C17H21ClF2N2O. The first kappa shape index (κ1) is 16.7. The van der Waals surface area contributed by atoms with Gasteiger partial charge in [-0.25, -0.2) is 8.78 Å². The van der Waals surface area contributed by atoms with Crippen LogP contribution in [-0.4, -0.2) is 48.9 Å². The van der Waals surface area contributed by atoms with Crippen molar-refractivity contribution in [2.45, 2.75) is 25.3 Å². The van der Waals surface area contributed by atoms with Gasteiger partial charge in [-0.05, 0) is 50.9 Å². The van der Waals surface area contributed by atoms with Crippen LogP contribution in [0.3, 0.4) is 0 Å². The molecular weight excluding hydrogens is 322 g/mol. The first-order valence-corrected chi connectivity index (χ1v) is 8.33. The maximum absolute atomic E-state index is 14.0. The molecule has 1 saturated carbocycles. The summed E-state index contributed by atoms with van der Waals surface area (Å²) in [4.78, 5) is 16.5. The van der Waals surface area contributed by atoms with Gasteiger partial charge in [0.2, 0.25) is 5.91 Å². The van der Waals surface area contributed by atoms with Crippen LogP contribution in [0.1, 0.15) is 18.4 Å². The Morgan fingerprint density at radius 2 is 1.87 bits per heavy atom. The first-order valence-electron chi connectivity index (χ1n) is 7.95. The Morgan fingerprint density at radius 1 is 1.26 bits per heavy atom. The number of nitrogens with zero attached hydrogens (tertiary/aromatic N) is 2. The van der Waals surface area contributed by atoms with E-state index < -0.39 is 11.6 Å². The molecule has 1 saturated heterocycles. The molecule has 1 heterocycles. The zero-order valence-corrected chi connectivity index (χ0v) is 14.1. The molecule has 2 fully saturated rings. The largest absolute Gasteiger partial charge is 0.342 e. The average Bonchev–Trinajstić information content (AvgIpc) is 2.78. The van der Waals surface area contributed by atoms with Crippen LogP contribution in [0.25, 0.3) is 0 Å². The van der Waals surface area contributed by atoms with Gasteiger partial charge in [0, 0.05) is 24.7 Å². The van der Waals surface area contributed by atoms with Gasteiger partial charge in [0.15, 0.2) is 0 Å². The summed E-state index contributed by atoms with van der Waals surface area (Å²) in [5, 5.41) is -0.152. The molecule has 1 aliphatic carbocycles. The van der Waals surface area contributed by atoms with E-state index in [2.05, 4.69) is 19.0 Å². The molecule has 0 N–H and O–H groups in total. The maximum Gasteiger partial charge on any atom is 0.227 e. The van der Waals surface area contributed by atoms with Crippen molar-refractivity contribution in [2.24, 2.45) is 11.8 Å². The van der Waals surface area contributed by atoms with Crippen molar-refractivity contribution in [3.05, 3.63) is 34.4 Å². The smallest absolute Gasteiger partial charge is 0.227 e. The fourth-order valence-electron chi connectivity index (χ4n) is 4.23. The predicted octanol–water partition coefficient (Wildman–Crippen LogP) is 2.96. The molecule has 2 bridgehead atoms. The fraction of sp³-hybridized carbons (Fsp3) is 0.588. The maximum atomic E-state index is 14.0. The Labute approximate surface area is 140 Å². The van der Waals surface area contributed by atoms with E-state index in [0.29, 0.717) is 31.0 Å². The van der Waals surface area contributed by atoms with E-state index in [1.807, 2.05) is 0 Å². The Balaban J connectivity index is 1.73. The van der Waals surface area contributed by atoms with E-state index in [1.165, 1.54) is 6.07 Å². The van der Waals surface area contributed by atoms with E-state index >= 15 is 0 Å². The van der Waals surface area contributed by atoms with Crippen LogP contribution in [-0.2, 0) is 11.2 Å². The number of amides is 1. The number of fused-ring (bicyclic) bond motifs is 2. The van der Waals surface area contributed by atoms with Gasteiger partial charge in [-0.15, -0.1) is 0 Å². The van der Waals surface area contributed by atoms with Gasteiger partial charge in [0.1, 0.15) is 11.6 Å². The molecule has 2 aliphatic rings. The number of likely N-dealkylation sites (tertiary alicyclic amines) is 1. The zero-order chi connectivity index (χ0) is 16.7. The predicted molar refractivity (Wildman–Crippen MR) is 85.3 cm³/mol. The second-order valence-electron chi connectivity index (χ2n) is 6.85. The highest BCUT2D eigenvalue weighted by Crippen LogP contribution is 2.39. The summed E-state index contributed by atoms with van der Waals surface area (Å²) in [6.45, 7) is 1.34. The molecule has 6 heteroatoms. The van der Waals surface area contributed by atoms with Crippen molar-refractivity contribution in [3.8, 4) is 0 Å². The lowest BCUT2D eigenvalue weighted by molar-refractivity contribution is -0.133. The number of piperidine rings is 1. The second-order valence-corrected chi connectivity index (χ2v) is 7.26. The Morgan fingerprint density at radius 3 is 2.43 bits per heavy atom. The molecule has 3 atom stereocenters. The highest BCUT2D eigenvalue weighted by Gasteiger charge is 2.44. The summed E-state index contributed by atoms with van der Waals surface area (Å²) in [7, 11) is 4.15. The van der Waals surface area contributed by atoms with E-state index in [0.717, 1.165) is 18.9 Å². The van der Waals surface area contributed by atoms with Crippen molar-refractivity contribution >= 4 is 17.5 Å². The molecule has 3 nitrogen and oxygen atoms in total. The molecule has 126 valence electrons.